The van der Waals surface area contributed by atoms with E-state index >= 15 is 0 Å². The van der Waals surface area contributed by atoms with Gasteiger partial charge < -0.3 is 5.11 Å². The Kier molecular flexibility index (Phi) is 3.34. The topological polar surface area (TPSA) is 87.2 Å². The SMILES string of the molecule is N#Cc1cc(CO)cc([N+](=O)[O-])c1C(F)(F)F. The van der Waals surface area contributed by atoms with E-state index < -0.39 is 34.5 Å². The van der Waals surface area contributed by atoms with Crippen LogP contribution in [0.25, 0.3) is 0 Å². The summed E-state index contributed by atoms with van der Waals surface area (Å²) in [5.74, 6) is 0. The van der Waals surface area contributed by atoms with Crippen molar-refractivity contribution in [1.82, 2.24) is 0 Å². The Balaban J connectivity index is 3.66. The number of halogens is 3. The Morgan fingerprint density at radius 1 is 1.47 bits per heavy atom. The summed E-state index contributed by atoms with van der Waals surface area (Å²) in [6.45, 7) is -0.687. The van der Waals surface area contributed by atoms with Gasteiger partial charge in [0.1, 0.15) is 6.07 Å². The van der Waals surface area contributed by atoms with Crippen LogP contribution in [0.1, 0.15) is 16.7 Å². The highest BCUT2D eigenvalue weighted by Gasteiger charge is 2.41. The zero-order chi connectivity index (χ0) is 13.2. The maximum atomic E-state index is 12.6. The number of hydrogen-bond acceptors (Lipinski definition) is 4. The van der Waals surface area contributed by atoms with Crippen LogP contribution in [0.3, 0.4) is 0 Å². The molecule has 0 bridgehead atoms. The van der Waals surface area contributed by atoms with E-state index in [1.54, 1.807) is 0 Å². The van der Waals surface area contributed by atoms with E-state index in [9.17, 15) is 23.3 Å². The third kappa shape index (κ3) is 2.51. The fraction of sp³-hybridized carbons (Fsp3) is 0.222. The number of nitro benzene ring substituents is 1. The number of nitrogens with zero attached hydrogens (tertiary/aromatic N) is 2. The van der Waals surface area contributed by atoms with Crippen molar-refractivity contribution in [2.75, 3.05) is 0 Å². The van der Waals surface area contributed by atoms with Crippen molar-refractivity contribution in [3.8, 4) is 6.07 Å². The fourth-order valence-corrected chi connectivity index (χ4v) is 1.31. The lowest BCUT2D eigenvalue weighted by Crippen LogP contribution is -2.12. The lowest BCUT2D eigenvalue weighted by Gasteiger charge is -2.10. The summed E-state index contributed by atoms with van der Waals surface area (Å²) in [4.78, 5) is 9.29. The highest BCUT2D eigenvalue weighted by atomic mass is 19.4. The lowest BCUT2D eigenvalue weighted by atomic mass is 10.0. The van der Waals surface area contributed by atoms with Gasteiger partial charge in [0.15, 0.2) is 5.56 Å². The standard InChI is InChI=1S/C9H5F3N2O3/c10-9(11,12)8-6(3-13)1-5(4-15)2-7(8)14(16)17/h1-2,15H,4H2. The Bertz CT molecular complexity index is 505. The molecule has 1 N–H and O–H groups in total. The first-order valence-corrected chi connectivity index (χ1v) is 4.20. The Morgan fingerprint density at radius 3 is 2.41 bits per heavy atom. The molecule has 0 saturated heterocycles. The number of aliphatic hydroxyl groups is 1. The normalized spacial score (nSPS) is 11.0. The molecule has 90 valence electrons. The van der Waals surface area contributed by atoms with Crippen LogP contribution >= 0.6 is 0 Å². The Morgan fingerprint density at radius 2 is 2.06 bits per heavy atom. The molecular weight excluding hydrogens is 241 g/mol. The van der Waals surface area contributed by atoms with Crippen LogP contribution in [-0.2, 0) is 12.8 Å². The van der Waals surface area contributed by atoms with Gasteiger partial charge in [-0.1, -0.05) is 0 Å². The molecule has 17 heavy (non-hydrogen) atoms. The van der Waals surface area contributed by atoms with Gasteiger partial charge in [-0.3, -0.25) is 10.1 Å². The first-order valence-electron chi connectivity index (χ1n) is 4.20. The second-order valence-electron chi connectivity index (χ2n) is 3.06. The number of hydrogen-bond donors (Lipinski definition) is 1. The van der Waals surface area contributed by atoms with Crippen LogP contribution in [0.4, 0.5) is 18.9 Å². The zero-order valence-corrected chi connectivity index (χ0v) is 8.15. The van der Waals surface area contributed by atoms with Crippen molar-refractivity contribution in [2.24, 2.45) is 0 Å². The maximum Gasteiger partial charge on any atom is 0.424 e. The van der Waals surface area contributed by atoms with Crippen LogP contribution < -0.4 is 0 Å². The number of benzene rings is 1. The first kappa shape index (κ1) is 12.9. The van der Waals surface area contributed by atoms with Gasteiger partial charge in [0.05, 0.1) is 17.1 Å². The van der Waals surface area contributed by atoms with E-state index in [4.69, 9.17) is 10.4 Å². The number of aliphatic hydroxyl groups excluding tert-OH is 1. The molecule has 0 atom stereocenters. The van der Waals surface area contributed by atoms with Crippen LogP contribution in [0.15, 0.2) is 12.1 Å². The van der Waals surface area contributed by atoms with Crippen LogP contribution in [-0.4, -0.2) is 10.0 Å². The van der Waals surface area contributed by atoms with Gasteiger partial charge in [0.2, 0.25) is 0 Å². The molecule has 0 aliphatic rings. The van der Waals surface area contributed by atoms with Crippen molar-refractivity contribution in [3.63, 3.8) is 0 Å². The van der Waals surface area contributed by atoms with E-state index in [1.165, 1.54) is 6.07 Å². The zero-order valence-electron chi connectivity index (χ0n) is 8.15. The summed E-state index contributed by atoms with van der Waals surface area (Å²) in [5.41, 5.74) is -3.83. The van der Waals surface area contributed by atoms with Crippen LogP contribution in [0.5, 0.6) is 0 Å². The van der Waals surface area contributed by atoms with Crippen molar-refractivity contribution in [1.29, 1.82) is 5.26 Å². The van der Waals surface area contributed by atoms with Gasteiger partial charge >= 0.3 is 6.18 Å². The second-order valence-corrected chi connectivity index (χ2v) is 3.06. The molecule has 0 saturated carbocycles. The molecule has 1 aromatic carbocycles. The smallest absolute Gasteiger partial charge is 0.392 e. The third-order valence-electron chi connectivity index (χ3n) is 1.96. The Labute approximate surface area is 92.9 Å². The fourth-order valence-electron chi connectivity index (χ4n) is 1.31. The molecule has 1 aromatic rings. The maximum absolute atomic E-state index is 12.6. The molecule has 0 amide bonds. The third-order valence-corrected chi connectivity index (χ3v) is 1.96. The minimum absolute atomic E-state index is 0.124. The molecule has 0 aliphatic heterocycles. The molecule has 0 spiro atoms. The average molecular weight is 246 g/mol. The van der Waals surface area contributed by atoms with Crippen molar-refractivity contribution in [3.05, 3.63) is 38.9 Å². The summed E-state index contributed by atoms with van der Waals surface area (Å²) in [6, 6.07) is 2.61. The number of nitro groups is 1. The second kappa shape index (κ2) is 4.39. The molecule has 0 unspecified atom stereocenters. The molecule has 0 aliphatic carbocycles. The van der Waals surface area contributed by atoms with E-state index in [0.29, 0.717) is 6.07 Å². The first-order chi connectivity index (χ1) is 7.81. The molecule has 0 radical (unpaired) electrons. The van der Waals surface area contributed by atoms with Crippen molar-refractivity contribution in [2.45, 2.75) is 12.8 Å². The van der Waals surface area contributed by atoms with Gasteiger partial charge in [-0.05, 0) is 11.6 Å². The minimum atomic E-state index is -5.00. The summed E-state index contributed by atoms with van der Waals surface area (Å²) in [6.07, 6.45) is -5.00. The molecule has 0 aromatic heterocycles. The van der Waals surface area contributed by atoms with E-state index in [1.807, 2.05) is 0 Å². The van der Waals surface area contributed by atoms with Crippen molar-refractivity contribution >= 4 is 5.69 Å². The number of nitriles is 1. The molecule has 8 heteroatoms. The van der Waals surface area contributed by atoms with E-state index in [0.717, 1.165) is 6.07 Å². The summed E-state index contributed by atoms with van der Waals surface area (Å²) in [7, 11) is 0. The molecular formula is C9H5F3N2O3. The quantitative estimate of drug-likeness (QED) is 0.638. The molecule has 0 heterocycles. The highest BCUT2D eigenvalue weighted by molar-refractivity contribution is 5.54. The molecule has 0 fully saturated rings. The summed E-state index contributed by atoms with van der Waals surface area (Å²) in [5, 5.41) is 27.8. The predicted octanol–water partition coefficient (Wildman–Crippen LogP) is 1.98. The largest absolute Gasteiger partial charge is 0.424 e. The van der Waals surface area contributed by atoms with E-state index in [2.05, 4.69) is 0 Å². The van der Waals surface area contributed by atoms with E-state index in [-0.39, 0.29) is 5.56 Å². The minimum Gasteiger partial charge on any atom is -0.392 e. The molecule has 5 nitrogen and oxygen atoms in total. The van der Waals surface area contributed by atoms with Gasteiger partial charge in [-0.2, -0.15) is 18.4 Å². The summed E-state index contributed by atoms with van der Waals surface area (Å²) >= 11 is 0. The summed E-state index contributed by atoms with van der Waals surface area (Å²) < 4.78 is 37.7. The van der Waals surface area contributed by atoms with Crippen LogP contribution in [0.2, 0.25) is 0 Å². The van der Waals surface area contributed by atoms with Gasteiger partial charge in [-0.15, -0.1) is 0 Å². The Hall–Kier alpha value is -2.14. The monoisotopic (exact) mass is 246 g/mol. The van der Waals surface area contributed by atoms with Gasteiger partial charge in [-0.25, -0.2) is 0 Å². The van der Waals surface area contributed by atoms with Gasteiger partial charge in [0.25, 0.3) is 5.69 Å². The predicted molar refractivity (Wildman–Crippen MR) is 48.7 cm³/mol. The highest BCUT2D eigenvalue weighted by Crippen LogP contribution is 2.39. The van der Waals surface area contributed by atoms with Crippen molar-refractivity contribution < 1.29 is 23.2 Å². The lowest BCUT2D eigenvalue weighted by molar-refractivity contribution is -0.388. The average Bonchev–Trinajstić information content (AvgIpc) is 2.25. The molecule has 1 rings (SSSR count). The number of alkyl halides is 3. The van der Waals surface area contributed by atoms with Crippen LogP contribution in [0, 0.1) is 21.4 Å². The van der Waals surface area contributed by atoms with Gasteiger partial charge in [0, 0.05) is 6.07 Å². The number of rotatable bonds is 2.